The van der Waals surface area contributed by atoms with Crippen molar-refractivity contribution in [3.63, 3.8) is 0 Å². The number of carbonyl (C=O) groups is 2. The number of amides is 2. The first-order valence-electron chi connectivity index (χ1n) is 7.47. The molecule has 1 N–H and O–H groups in total. The molecule has 1 fully saturated rings. The Morgan fingerprint density at radius 1 is 1.25 bits per heavy atom. The number of rotatable bonds is 6. The minimum Gasteiger partial charge on any atom is -0.448 e. The van der Waals surface area contributed by atoms with Gasteiger partial charge in [0.25, 0.3) is 0 Å². The van der Waals surface area contributed by atoms with Gasteiger partial charge >= 0.3 is 6.09 Å². The molecule has 0 aliphatic carbocycles. The van der Waals surface area contributed by atoms with Crippen molar-refractivity contribution in [2.75, 3.05) is 25.0 Å². The molecule has 0 radical (unpaired) electrons. The number of nitrogens with one attached hydrogen (secondary N) is 1. The molecule has 2 aromatic heterocycles. The Balaban J connectivity index is 1.54. The summed E-state index contributed by atoms with van der Waals surface area (Å²) in [6.45, 7) is 1.27. The van der Waals surface area contributed by atoms with Gasteiger partial charge in [0.1, 0.15) is 16.7 Å². The first-order valence-corrected chi connectivity index (χ1v) is 8.29. The van der Waals surface area contributed by atoms with Crippen molar-refractivity contribution in [2.45, 2.75) is 16.5 Å². The minimum absolute atomic E-state index is 0.158. The van der Waals surface area contributed by atoms with Crippen molar-refractivity contribution in [1.82, 2.24) is 14.9 Å². The van der Waals surface area contributed by atoms with Crippen LogP contribution in [0.3, 0.4) is 0 Å². The average Bonchev–Trinajstić information content (AvgIpc) is 2.99. The van der Waals surface area contributed by atoms with Gasteiger partial charge in [-0.25, -0.2) is 14.8 Å². The summed E-state index contributed by atoms with van der Waals surface area (Å²) in [6, 6.07) is 9.17. The Morgan fingerprint density at radius 3 is 2.88 bits per heavy atom. The molecule has 1 saturated heterocycles. The number of anilines is 1. The molecule has 0 spiro atoms. The molecular formula is C16H16N4O3S. The van der Waals surface area contributed by atoms with E-state index in [1.807, 2.05) is 18.2 Å². The molecule has 0 aromatic carbocycles. The zero-order chi connectivity index (χ0) is 16.8. The fourth-order valence-electron chi connectivity index (χ4n) is 2.15. The van der Waals surface area contributed by atoms with Gasteiger partial charge in [-0.1, -0.05) is 17.8 Å². The quantitative estimate of drug-likeness (QED) is 0.866. The number of carbonyl (C=O) groups excluding carboxylic acids is 2. The Bertz CT molecular complexity index is 726. The number of cyclic esters (lactones) is 1. The van der Waals surface area contributed by atoms with E-state index in [0.29, 0.717) is 25.4 Å². The Hall–Kier alpha value is -2.61. The second kappa shape index (κ2) is 7.78. The van der Waals surface area contributed by atoms with Crippen molar-refractivity contribution in [3.8, 4) is 0 Å². The predicted octanol–water partition coefficient (Wildman–Crippen LogP) is 2.41. The zero-order valence-electron chi connectivity index (χ0n) is 12.8. The van der Waals surface area contributed by atoms with Crippen molar-refractivity contribution in [1.29, 1.82) is 0 Å². The van der Waals surface area contributed by atoms with Crippen LogP contribution in [-0.4, -0.2) is 46.6 Å². The highest BCUT2D eigenvalue weighted by Gasteiger charge is 2.22. The summed E-state index contributed by atoms with van der Waals surface area (Å²) in [5.74, 6) is -0.158. The topological polar surface area (TPSA) is 84.4 Å². The number of nitrogens with zero attached hydrogens (tertiary/aromatic N) is 3. The molecule has 24 heavy (non-hydrogen) atoms. The number of hydrogen-bond donors (Lipinski definition) is 1. The highest BCUT2D eigenvalue weighted by molar-refractivity contribution is 7.99. The lowest BCUT2D eigenvalue weighted by Crippen LogP contribution is -2.28. The van der Waals surface area contributed by atoms with E-state index in [2.05, 4.69) is 15.3 Å². The van der Waals surface area contributed by atoms with Gasteiger partial charge in [-0.15, -0.1) is 0 Å². The largest absolute Gasteiger partial charge is 0.448 e. The highest BCUT2D eigenvalue weighted by Crippen LogP contribution is 2.25. The maximum absolute atomic E-state index is 12.0. The number of aromatic nitrogens is 2. The fourth-order valence-corrected chi connectivity index (χ4v) is 2.92. The van der Waals surface area contributed by atoms with Crippen LogP contribution in [0.5, 0.6) is 0 Å². The summed E-state index contributed by atoms with van der Waals surface area (Å²) in [7, 11) is 0. The van der Waals surface area contributed by atoms with E-state index < -0.39 is 0 Å². The molecule has 2 aromatic rings. The van der Waals surface area contributed by atoms with E-state index in [4.69, 9.17) is 4.74 Å². The Morgan fingerprint density at radius 2 is 2.12 bits per heavy atom. The van der Waals surface area contributed by atoms with E-state index in [-0.39, 0.29) is 18.4 Å². The van der Waals surface area contributed by atoms with Gasteiger partial charge in [0.2, 0.25) is 5.91 Å². The number of ether oxygens (including phenoxy) is 1. The maximum Gasteiger partial charge on any atom is 0.409 e. The summed E-state index contributed by atoms with van der Waals surface area (Å²) < 4.78 is 4.83. The zero-order valence-corrected chi connectivity index (χ0v) is 13.7. The molecular weight excluding hydrogens is 328 g/mol. The van der Waals surface area contributed by atoms with E-state index in [0.717, 1.165) is 10.1 Å². The summed E-state index contributed by atoms with van der Waals surface area (Å²) >= 11 is 1.42. The molecule has 1 aliphatic heterocycles. The number of pyridine rings is 2. The SMILES string of the molecule is O=C(CCN1CCOC1=O)Nc1ccnc(Sc2ccccn2)c1. The van der Waals surface area contributed by atoms with Gasteiger partial charge in [-0.05, 0) is 24.3 Å². The predicted molar refractivity (Wildman–Crippen MR) is 88.8 cm³/mol. The van der Waals surface area contributed by atoms with Gasteiger partial charge < -0.3 is 15.0 Å². The summed E-state index contributed by atoms with van der Waals surface area (Å²) in [5, 5.41) is 4.39. The van der Waals surface area contributed by atoms with E-state index >= 15 is 0 Å². The molecule has 8 heteroatoms. The van der Waals surface area contributed by atoms with Crippen molar-refractivity contribution in [3.05, 3.63) is 42.7 Å². The standard InChI is InChI=1S/C16H16N4O3S/c21-13(5-8-20-9-10-23-16(20)22)19-12-4-7-18-15(11-12)24-14-3-1-2-6-17-14/h1-4,6-7,11H,5,8-10H2,(H,18,19,21). The molecule has 0 saturated carbocycles. The molecule has 2 amide bonds. The Labute approximate surface area is 143 Å². The number of hydrogen-bond acceptors (Lipinski definition) is 6. The van der Waals surface area contributed by atoms with Crippen LogP contribution < -0.4 is 5.32 Å². The first kappa shape index (κ1) is 16.3. The minimum atomic E-state index is -0.360. The monoisotopic (exact) mass is 344 g/mol. The van der Waals surface area contributed by atoms with Crippen LogP contribution in [0, 0.1) is 0 Å². The average molecular weight is 344 g/mol. The van der Waals surface area contributed by atoms with Crippen LogP contribution in [0.4, 0.5) is 10.5 Å². The fraction of sp³-hybridized carbons (Fsp3) is 0.250. The maximum atomic E-state index is 12.0. The molecule has 0 atom stereocenters. The van der Waals surface area contributed by atoms with E-state index in [9.17, 15) is 9.59 Å². The van der Waals surface area contributed by atoms with Gasteiger partial charge in [-0.2, -0.15) is 0 Å². The van der Waals surface area contributed by atoms with Crippen LogP contribution in [0.15, 0.2) is 52.8 Å². The van der Waals surface area contributed by atoms with Crippen LogP contribution in [0.2, 0.25) is 0 Å². The first-order chi connectivity index (χ1) is 11.7. The van der Waals surface area contributed by atoms with Crippen molar-refractivity contribution >= 4 is 29.4 Å². The summed E-state index contributed by atoms with van der Waals surface area (Å²) in [4.78, 5) is 33.4. The second-order valence-electron chi connectivity index (χ2n) is 5.05. The molecule has 0 bridgehead atoms. The van der Waals surface area contributed by atoms with Gasteiger partial charge in [0, 0.05) is 31.0 Å². The lowest BCUT2D eigenvalue weighted by molar-refractivity contribution is -0.116. The van der Waals surface area contributed by atoms with Crippen LogP contribution in [0.1, 0.15) is 6.42 Å². The molecule has 1 aliphatic rings. The third-order valence-corrected chi connectivity index (χ3v) is 4.20. The molecule has 7 nitrogen and oxygen atoms in total. The van der Waals surface area contributed by atoms with E-state index in [1.165, 1.54) is 16.7 Å². The third-order valence-electron chi connectivity index (χ3n) is 3.32. The van der Waals surface area contributed by atoms with Crippen molar-refractivity contribution < 1.29 is 14.3 Å². The molecule has 124 valence electrons. The summed E-state index contributed by atoms with van der Waals surface area (Å²) in [6.07, 6.45) is 3.22. The van der Waals surface area contributed by atoms with Gasteiger partial charge in [-0.3, -0.25) is 4.79 Å². The van der Waals surface area contributed by atoms with Gasteiger partial charge in [0.05, 0.1) is 6.54 Å². The Kier molecular flexibility index (Phi) is 5.27. The van der Waals surface area contributed by atoms with Gasteiger partial charge in [0.15, 0.2) is 0 Å². The van der Waals surface area contributed by atoms with Crippen molar-refractivity contribution in [2.24, 2.45) is 0 Å². The third kappa shape index (κ3) is 4.45. The molecule has 3 heterocycles. The van der Waals surface area contributed by atoms with E-state index in [1.54, 1.807) is 24.5 Å². The smallest absolute Gasteiger partial charge is 0.409 e. The van der Waals surface area contributed by atoms with Crippen LogP contribution >= 0.6 is 11.8 Å². The highest BCUT2D eigenvalue weighted by atomic mass is 32.2. The summed E-state index contributed by atoms with van der Waals surface area (Å²) in [5.41, 5.74) is 0.664. The molecule has 0 unspecified atom stereocenters. The lowest BCUT2D eigenvalue weighted by atomic mass is 10.3. The second-order valence-corrected chi connectivity index (χ2v) is 6.09. The normalized spacial score (nSPS) is 13.7. The van der Waals surface area contributed by atoms with Crippen LogP contribution in [0.25, 0.3) is 0 Å². The van der Waals surface area contributed by atoms with Crippen LogP contribution in [-0.2, 0) is 9.53 Å². The molecule has 3 rings (SSSR count). The lowest BCUT2D eigenvalue weighted by Gasteiger charge is -2.12.